The van der Waals surface area contributed by atoms with Crippen molar-refractivity contribution in [3.05, 3.63) is 53.4 Å². The summed E-state index contributed by atoms with van der Waals surface area (Å²) in [5.41, 5.74) is 3.41. The van der Waals surface area contributed by atoms with Crippen LogP contribution in [0.3, 0.4) is 0 Å². The van der Waals surface area contributed by atoms with E-state index in [2.05, 4.69) is 14.5 Å². The molecule has 0 fully saturated rings. The van der Waals surface area contributed by atoms with Crippen molar-refractivity contribution < 1.29 is 32.2 Å². The first-order chi connectivity index (χ1) is 14.1. The fourth-order valence-corrected chi connectivity index (χ4v) is 2.93. The Bertz CT molecular complexity index is 820. The van der Waals surface area contributed by atoms with E-state index in [1.54, 1.807) is 0 Å². The molecule has 1 aromatic carbocycles. The van der Waals surface area contributed by atoms with Crippen LogP contribution in [0.4, 0.5) is 17.6 Å². The lowest BCUT2D eigenvalue weighted by molar-refractivity contribution is -0.192. The Morgan fingerprint density at radius 3 is 2.43 bits per heavy atom. The number of hydrogen-bond donors (Lipinski definition) is 1. The van der Waals surface area contributed by atoms with Crippen LogP contribution in [0.2, 0.25) is 0 Å². The first-order valence-corrected chi connectivity index (χ1v) is 9.47. The molecule has 0 bridgehead atoms. The number of carbonyl (C=O) groups is 1. The molecule has 0 unspecified atom stereocenters. The zero-order valence-corrected chi connectivity index (χ0v) is 16.8. The van der Waals surface area contributed by atoms with E-state index in [1.807, 2.05) is 32.3 Å². The summed E-state index contributed by atoms with van der Waals surface area (Å²) in [7, 11) is 0. The SMILES string of the molecule is CC(C)OCc1ncn2c1CN(Cc1ccc(F)cc1)CCC2.O=C(O)C(F)(F)F. The molecule has 1 aromatic heterocycles. The second kappa shape index (κ2) is 10.5. The van der Waals surface area contributed by atoms with E-state index in [-0.39, 0.29) is 11.9 Å². The Hall–Kier alpha value is -2.46. The van der Waals surface area contributed by atoms with Gasteiger partial charge in [0.1, 0.15) is 5.82 Å². The topological polar surface area (TPSA) is 67.6 Å². The summed E-state index contributed by atoms with van der Waals surface area (Å²) in [5, 5.41) is 7.12. The van der Waals surface area contributed by atoms with Gasteiger partial charge in [-0.25, -0.2) is 14.2 Å². The lowest BCUT2D eigenvalue weighted by atomic mass is 10.2. The zero-order valence-electron chi connectivity index (χ0n) is 16.8. The first-order valence-electron chi connectivity index (χ1n) is 9.47. The minimum Gasteiger partial charge on any atom is -0.475 e. The third kappa shape index (κ3) is 7.42. The number of rotatable bonds is 5. The largest absolute Gasteiger partial charge is 0.490 e. The number of hydrogen-bond acceptors (Lipinski definition) is 4. The van der Waals surface area contributed by atoms with Crippen LogP contribution in [0.15, 0.2) is 30.6 Å². The highest BCUT2D eigenvalue weighted by molar-refractivity contribution is 5.73. The summed E-state index contributed by atoms with van der Waals surface area (Å²) in [4.78, 5) is 15.8. The van der Waals surface area contributed by atoms with Crippen molar-refractivity contribution >= 4 is 5.97 Å². The highest BCUT2D eigenvalue weighted by Crippen LogP contribution is 2.19. The number of halogens is 4. The van der Waals surface area contributed by atoms with Gasteiger partial charge in [-0.2, -0.15) is 13.2 Å². The summed E-state index contributed by atoms with van der Waals surface area (Å²) in [6.07, 6.45) is -1.86. The zero-order chi connectivity index (χ0) is 22.3. The van der Waals surface area contributed by atoms with Gasteiger partial charge in [-0.15, -0.1) is 0 Å². The van der Waals surface area contributed by atoms with Gasteiger partial charge in [0.2, 0.25) is 0 Å². The highest BCUT2D eigenvalue weighted by atomic mass is 19.4. The van der Waals surface area contributed by atoms with E-state index in [1.165, 1.54) is 17.8 Å². The Labute approximate surface area is 172 Å². The number of fused-ring (bicyclic) bond motifs is 1. The van der Waals surface area contributed by atoms with Crippen LogP contribution in [0.1, 0.15) is 37.2 Å². The van der Waals surface area contributed by atoms with Crippen molar-refractivity contribution in [1.29, 1.82) is 0 Å². The molecular weight excluding hydrogens is 406 g/mol. The quantitative estimate of drug-likeness (QED) is 0.726. The Balaban J connectivity index is 0.000000396. The summed E-state index contributed by atoms with van der Waals surface area (Å²) in [6.45, 7) is 8.34. The van der Waals surface area contributed by atoms with Crippen LogP contribution < -0.4 is 0 Å². The summed E-state index contributed by atoms with van der Waals surface area (Å²) >= 11 is 0. The molecule has 1 aliphatic rings. The van der Waals surface area contributed by atoms with Gasteiger partial charge >= 0.3 is 12.1 Å². The molecule has 166 valence electrons. The summed E-state index contributed by atoms with van der Waals surface area (Å²) in [5.74, 6) is -2.94. The molecule has 0 aliphatic carbocycles. The van der Waals surface area contributed by atoms with Crippen molar-refractivity contribution in [2.24, 2.45) is 0 Å². The maximum absolute atomic E-state index is 13.0. The number of carboxylic acids is 1. The van der Waals surface area contributed by atoms with Gasteiger partial charge < -0.3 is 14.4 Å². The van der Waals surface area contributed by atoms with E-state index in [9.17, 15) is 17.6 Å². The molecule has 6 nitrogen and oxygen atoms in total. The van der Waals surface area contributed by atoms with Crippen LogP contribution in [-0.4, -0.2) is 44.4 Å². The number of aliphatic carboxylic acids is 1. The van der Waals surface area contributed by atoms with Crippen LogP contribution >= 0.6 is 0 Å². The number of nitrogens with zero attached hydrogens (tertiary/aromatic N) is 3. The van der Waals surface area contributed by atoms with Gasteiger partial charge in [-0.1, -0.05) is 12.1 Å². The van der Waals surface area contributed by atoms with Crippen molar-refractivity contribution in [2.45, 2.75) is 58.8 Å². The Kier molecular flexibility index (Phi) is 8.36. The van der Waals surface area contributed by atoms with Gasteiger partial charge in [0, 0.05) is 26.2 Å². The molecule has 0 amide bonds. The van der Waals surface area contributed by atoms with E-state index in [0.29, 0.717) is 6.61 Å². The fraction of sp³-hybridized carbons (Fsp3) is 0.500. The van der Waals surface area contributed by atoms with Gasteiger partial charge in [0.05, 0.1) is 30.4 Å². The second-order valence-electron chi connectivity index (χ2n) is 7.18. The third-order valence-electron chi connectivity index (χ3n) is 4.39. The van der Waals surface area contributed by atoms with Crippen molar-refractivity contribution in [2.75, 3.05) is 6.54 Å². The predicted octanol–water partition coefficient (Wildman–Crippen LogP) is 3.99. The van der Waals surface area contributed by atoms with Gasteiger partial charge in [0.25, 0.3) is 0 Å². The van der Waals surface area contributed by atoms with Crippen LogP contribution in [0.25, 0.3) is 0 Å². The molecule has 0 saturated carbocycles. The van der Waals surface area contributed by atoms with Crippen molar-refractivity contribution in [1.82, 2.24) is 14.5 Å². The van der Waals surface area contributed by atoms with Gasteiger partial charge in [-0.3, -0.25) is 4.90 Å². The van der Waals surface area contributed by atoms with Crippen molar-refractivity contribution in [3.8, 4) is 0 Å². The summed E-state index contributed by atoms with van der Waals surface area (Å²) < 4.78 is 52.7. The molecular formula is C20H25F4N3O3. The molecule has 0 spiro atoms. The number of imidazole rings is 1. The molecule has 10 heteroatoms. The molecule has 0 atom stereocenters. The molecule has 2 heterocycles. The number of ether oxygens (including phenoxy) is 1. The number of carboxylic acid groups (broad SMARTS) is 1. The lowest BCUT2D eigenvalue weighted by Crippen LogP contribution is -2.23. The molecule has 0 saturated heterocycles. The van der Waals surface area contributed by atoms with E-state index >= 15 is 0 Å². The minimum atomic E-state index is -5.08. The van der Waals surface area contributed by atoms with E-state index < -0.39 is 12.1 Å². The first kappa shape index (κ1) is 23.8. The minimum absolute atomic E-state index is 0.184. The third-order valence-corrected chi connectivity index (χ3v) is 4.39. The highest BCUT2D eigenvalue weighted by Gasteiger charge is 2.38. The second-order valence-corrected chi connectivity index (χ2v) is 7.18. The Morgan fingerprint density at radius 1 is 1.23 bits per heavy atom. The standard InChI is InChI=1S/C18H24FN3O.C2HF3O2/c1-14(2)23-12-17-18-11-21(8-3-9-22(18)13-20-17)10-15-4-6-16(19)7-5-15;3-2(4,5)1(6)7/h4-7,13-14H,3,8-12H2,1-2H3;(H,6,7). The smallest absolute Gasteiger partial charge is 0.475 e. The molecule has 1 N–H and O–H groups in total. The number of alkyl halides is 3. The van der Waals surface area contributed by atoms with Gasteiger partial charge in [-0.05, 0) is 38.0 Å². The number of aryl methyl sites for hydroxylation is 1. The van der Waals surface area contributed by atoms with E-state index in [0.717, 1.165) is 43.9 Å². The lowest BCUT2D eigenvalue weighted by Gasteiger charge is -2.20. The predicted molar refractivity (Wildman–Crippen MR) is 101 cm³/mol. The van der Waals surface area contributed by atoms with Crippen LogP contribution in [-0.2, 0) is 35.8 Å². The summed E-state index contributed by atoms with van der Waals surface area (Å²) in [6, 6.07) is 6.78. The van der Waals surface area contributed by atoms with Crippen LogP contribution in [0, 0.1) is 5.82 Å². The molecule has 2 aromatic rings. The fourth-order valence-electron chi connectivity index (χ4n) is 2.93. The molecule has 30 heavy (non-hydrogen) atoms. The average molecular weight is 431 g/mol. The molecule has 3 rings (SSSR count). The maximum Gasteiger partial charge on any atom is 0.490 e. The van der Waals surface area contributed by atoms with E-state index in [4.69, 9.17) is 14.6 Å². The number of aromatic nitrogens is 2. The normalized spacial score (nSPS) is 14.6. The Morgan fingerprint density at radius 2 is 1.87 bits per heavy atom. The van der Waals surface area contributed by atoms with Crippen LogP contribution in [0.5, 0.6) is 0 Å². The monoisotopic (exact) mass is 431 g/mol. The molecule has 0 radical (unpaired) electrons. The maximum atomic E-state index is 13.0. The average Bonchev–Trinajstić information content (AvgIpc) is 2.91. The molecule has 1 aliphatic heterocycles. The van der Waals surface area contributed by atoms with Crippen molar-refractivity contribution in [3.63, 3.8) is 0 Å². The van der Waals surface area contributed by atoms with Gasteiger partial charge in [0.15, 0.2) is 0 Å². The number of benzene rings is 1.